The molecule has 2 N–H and O–H groups in total. The molecule has 0 aliphatic carbocycles. The van der Waals surface area contributed by atoms with E-state index in [0.717, 1.165) is 4.90 Å². The normalized spacial score (nSPS) is 14.3. The van der Waals surface area contributed by atoms with Crippen LogP contribution in [0.1, 0.15) is 18.4 Å². The number of benzene rings is 1. The number of carbonyl (C=O) groups is 2. The predicted molar refractivity (Wildman–Crippen MR) is 84.1 cm³/mol. The van der Waals surface area contributed by atoms with Crippen LogP contribution in [0, 0.1) is 0 Å². The SMILES string of the molecule is CCN(CC(=O)O)C(=O)CC(O)(c1nc2ccccc2s1)C(F)(F)F. The zero-order valence-corrected chi connectivity index (χ0v) is 13.9. The van der Waals surface area contributed by atoms with Crippen LogP contribution < -0.4 is 0 Å². The third-order valence-electron chi connectivity index (χ3n) is 3.58. The highest BCUT2D eigenvalue weighted by Gasteiger charge is 2.58. The summed E-state index contributed by atoms with van der Waals surface area (Å²) in [6, 6.07) is 6.26. The molecule has 1 amide bonds. The lowest BCUT2D eigenvalue weighted by Gasteiger charge is -2.30. The van der Waals surface area contributed by atoms with Crippen LogP contribution in [0.25, 0.3) is 10.2 Å². The first-order valence-electron chi connectivity index (χ1n) is 7.23. The van der Waals surface area contributed by atoms with Gasteiger partial charge in [0.05, 0.1) is 16.6 Å². The van der Waals surface area contributed by atoms with Crippen molar-refractivity contribution in [3.63, 3.8) is 0 Å². The quantitative estimate of drug-likeness (QED) is 0.808. The van der Waals surface area contributed by atoms with Gasteiger partial charge in [0.1, 0.15) is 11.6 Å². The number of hydrogen-bond donors (Lipinski definition) is 2. The summed E-state index contributed by atoms with van der Waals surface area (Å²) in [7, 11) is 0. The number of thiazole rings is 1. The number of rotatable bonds is 6. The van der Waals surface area contributed by atoms with E-state index in [9.17, 15) is 27.9 Å². The fourth-order valence-electron chi connectivity index (χ4n) is 2.22. The molecule has 1 heterocycles. The smallest absolute Gasteiger partial charge is 0.424 e. The minimum absolute atomic E-state index is 0.0983. The zero-order valence-electron chi connectivity index (χ0n) is 13.1. The van der Waals surface area contributed by atoms with Crippen LogP contribution in [0.4, 0.5) is 13.2 Å². The van der Waals surface area contributed by atoms with E-state index in [1.807, 2.05) is 0 Å². The number of carboxylic acid groups (broad SMARTS) is 1. The van der Waals surface area contributed by atoms with Crippen molar-refractivity contribution in [2.45, 2.75) is 25.1 Å². The number of amides is 1. The molecule has 0 spiro atoms. The number of hydrogen-bond acceptors (Lipinski definition) is 5. The number of aliphatic hydroxyl groups is 1. The Balaban J connectivity index is 2.41. The number of fused-ring (bicyclic) bond motifs is 1. The highest BCUT2D eigenvalue weighted by atomic mass is 32.1. The molecule has 136 valence electrons. The lowest BCUT2D eigenvalue weighted by molar-refractivity contribution is -0.268. The van der Waals surface area contributed by atoms with E-state index in [1.165, 1.54) is 13.0 Å². The first-order valence-corrected chi connectivity index (χ1v) is 8.05. The summed E-state index contributed by atoms with van der Waals surface area (Å²) >= 11 is 0.638. The molecule has 25 heavy (non-hydrogen) atoms. The topological polar surface area (TPSA) is 90.7 Å². The van der Waals surface area contributed by atoms with Crippen LogP contribution in [0.3, 0.4) is 0 Å². The third kappa shape index (κ3) is 3.90. The summed E-state index contributed by atoms with van der Waals surface area (Å²) in [6.07, 6.45) is -6.49. The number of likely N-dealkylation sites (N-methyl/N-ethyl adjacent to an activating group) is 1. The monoisotopic (exact) mass is 376 g/mol. The second-order valence-electron chi connectivity index (χ2n) is 5.32. The van der Waals surface area contributed by atoms with E-state index in [1.54, 1.807) is 18.2 Å². The molecule has 1 aromatic heterocycles. The highest BCUT2D eigenvalue weighted by Crippen LogP contribution is 2.44. The van der Waals surface area contributed by atoms with Crippen LogP contribution in [0.15, 0.2) is 24.3 Å². The molecule has 0 saturated heterocycles. The van der Waals surface area contributed by atoms with E-state index in [0.29, 0.717) is 16.0 Å². The molecule has 2 aromatic rings. The third-order valence-corrected chi connectivity index (χ3v) is 4.77. The fourth-order valence-corrected chi connectivity index (χ4v) is 3.29. The molecule has 0 bridgehead atoms. The number of para-hydroxylation sites is 1. The van der Waals surface area contributed by atoms with Crippen molar-refractivity contribution in [1.82, 2.24) is 9.88 Å². The van der Waals surface area contributed by atoms with Crippen molar-refractivity contribution in [3.05, 3.63) is 29.3 Å². The van der Waals surface area contributed by atoms with Crippen molar-refractivity contribution >= 4 is 33.4 Å². The number of aliphatic carboxylic acids is 1. The Morgan fingerprint density at radius 2 is 1.92 bits per heavy atom. The van der Waals surface area contributed by atoms with Crippen molar-refractivity contribution < 1.29 is 33.0 Å². The molecule has 0 aliphatic heterocycles. The summed E-state index contributed by atoms with van der Waals surface area (Å²) in [5, 5.41) is 18.4. The average molecular weight is 376 g/mol. The number of carbonyl (C=O) groups excluding carboxylic acids is 1. The van der Waals surface area contributed by atoms with E-state index < -0.39 is 41.6 Å². The molecule has 6 nitrogen and oxygen atoms in total. The van der Waals surface area contributed by atoms with Gasteiger partial charge in [0.15, 0.2) is 0 Å². The van der Waals surface area contributed by atoms with Gasteiger partial charge in [0.25, 0.3) is 0 Å². The first kappa shape index (κ1) is 19.1. The second-order valence-corrected chi connectivity index (χ2v) is 6.35. The summed E-state index contributed by atoms with van der Waals surface area (Å²) in [5.41, 5.74) is -3.21. The van der Waals surface area contributed by atoms with Gasteiger partial charge in [-0.1, -0.05) is 12.1 Å². The van der Waals surface area contributed by atoms with Gasteiger partial charge < -0.3 is 15.1 Å². The van der Waals surface area contributed by atoms with Crippen LogP contribution >= 0.6 is 11.3 Å². The number of alkyl halides is 3. The van der Waals surface area contributed by atoms with Crippen LogP contribution in [-0.2, 0) is 15.2 Å². The minimum Gasteiger partial charge on any atom is -0.480 e. The number of carboxylic acids is 1. The Labute approximate surface area is 144 Å². The summed E-state index contributed by atoms with van der Waals surface area (Å²) < 4.78 is 41.1. The predicted octanol–water partition coefficient (Wildman–Crippen LogP) is 2.37. The molecule has 2 rings (SSSR count). The molecular formula is C15H15F3N2O4S. The first-order chi connectivity index (χ1) is 11.6. The Hall–Kier alpha value is -2.20. The molecule has 1 aromatic carbocycles. The van der Waals surface area contributed by atoms with Crippen LogP contribution in [0.5, 0.6) is 0 Å². The van der Waals surface area contributed by atoms with E-state index >= 15 is 0 Å². The van der Waals surface area contributed by atoms with Crippen molar-refractivity contribution in [2.75, 3.05) is 13.1 Å². The minimum atomic E-state index is -5.15. The Morgan fingerprint density at radius 3 is 2.44 bits per heavy atom. The van der Waals surface area contributed by atoms with Gasteiger partial charge in [-0.15, -0.1) is 11.3 Å². The van der Waals surface area contributed by atoms with Crippen molar-refractivity contribution in [3.8, 4) is 0 Å². The van der Waals surface area contributed by atoms with Gasteiger partial charge in [-0.3, -0.25) is 9.59 Å². The molecule has 1 atom stereocenters. The Kier molecular flexibility index (Phi) is 5.33. The zero-order chi connectivity index (χ0) is 18.8. The maximum Gasteiger partial charge on any atom is 0.424 e. The Morgan fingerprint density at radius 1 is 1.28 bits per heavy atom. The summed E-state index contributed by atoms with van der Waals surface area (Å²) in [4.78, 5) is 27.4. The Bertz CT molecular complexity index is 759. The molecule has 0 fully saturated rings. The standard InChI is InChI=1S/C15H15F3N2O4S/c1-2-20(8-12(22)23)11(21)7-14(24,15(16,17)18)13-19-9-5-3-4-6-10(9)25-13/h3-6,24H,2,7-8H2,1H3,(H,22,23). The second kappa shape index (κ2) is 6.96. The number of halogens is 3. The highest BCUT2D eigenvalue weighted by molar-refractivity contribution is 7.18. The average Bonchev–Trinajstić information content (AvgIpc) is 2.95. The van der Waals surface area contributed by atoms with E-state index in [2.05, 4.69) is 4.98 Å². The van der Waals surface area contributed by atoms with Gasteiger partial charge >= 0.3 is 12.1 Å². The van der Waals surface area contributed by atoms with E-state index in [4.69, 9.17) is 5.11 Å². The largest absolute Gasteiger partial charge is 0.480 e. The number of nitrogens with zero attached hydrogens (tertiary/aromatic N) is 2. The van der Waals surface area contributed by atoms with Gasteiger partial charge in [0.2, 0.25) is 11.5 Å². The maximum absolute atomic E-state index is 13.5. The van der Waals surface area contributed by atoms with Gasteiger partial charge in [-0.25, -0.2) is 4.98 Å². The van der Waals surface area contributed by atoms with Crippen molar-refractivity contribution in [1.29, 1.82) is 0 Å². The number of aromatic nitrogens is 1. The van der Waals surface area contributed by atoms with Gasteiger partial charge in [0, 0.05) is 6.54 Å². The fraction of sp³-hybridized carbons (Fsp3) is 0.400. The van der Waals surface area contributed by atoms with Gasteiger partial charge in [-0.05, 0) is 19.1 Å². The lowest BCUT2D eigenvalue weighted by Crippen LogP contribution is -2.47. The molecular weight excluding hydrogens is 361 g/mol. The van der Waals surface area contributed by atoms with E-state index in [-0.39, 0.29) is 12.1 Å². The summed E-state index contributed by atoms with van der Waals surface area (Å²) in [5.74, 6) is -2.48. The lowest BCUT2D eigenvalue weighted by atomic mass is 9.98. The van der Waals surface area contributed by atoms with Crippen LogP contribution in [-0.4, -0.2) is 51.2 Å². The molecule has 0 aliphatic rings. The molecule has 0 saturated carbocycles. The molecule has 1 unspecified atom stereocenters. The van der Waals surface area contributed by atoms with Gasteiger partial charge in [-0.2, -0.15) is 13.2 Å². The molecule has 0 radical (unpaired) electrons. The van der Waals surface area contributed by atoms with Crippen molar-refractivity contribution in [2.24, 2.45) is 0 Å². The molecule has 10 heteroatoms. The summed E-state index contributed by atoms with van der Waals surface area (Å²) in [6.45, 7) is 0.590. The van der Waals surface area contributed by atoms with Crippen LogP contribution in [0.2, 0.25) is 0 Å². The maximum atomic E-state index is 13.5.